The molecule has 0 saturated carbocycles. The number of aryl methyl sites for hydroxylation is 1. The van der Waals surface area contributed by atoms with E-state index in [0.717, 1.165) is 21.7 Å². The Bertz CT molecular complexity index is 1280. The van der Waals surface area contributed by atoms with Gasteiger partial charge < -0.3 is 19.1 Å². The summed E-state index contributed by atoms with van der Waals surface area (Å²) in [4.78, 5) is 41.6. The molecule has 1 heterocycles. The van der Waals surface area contributed by atoms with Gasteiger partial charge in [-0.25, -0.2) is 4.79 Å². The highest BCUT2D eigenvalue weighted by atomic mass is 32.2. The van der Waals surface area contributed by atoms with E-state index in [0.29, 0.717) is 30.4 Å². The Morgan fingerprint density at radius 1 is 1.00 bits per heavy atom. The molecular weight excluding hydrogens is 504 g/mol. The third-order valence-electron chi connectivity index (χ3n) is 5.77. The molecule has 0 saturated heterocycles. The molecule has 0 aliphatic carbocycles. The molecule has 9 heteroatoms. The van der Waals surface area contributed by atoms with Crippen LogP contribution >= 0.6 is 11.8 Å². The number of ether oxygens (including phenoxy) is 3. The van der Waals surface area contributed by atoms with Gasteiger partial charge in [-0.1, -0.05) is 36.4 Å². The van der Waals surface area contributed by atoms with E-state index in [1.54, 1.807) is 53.9 Å². The number of anilines is 1. The smallest absolute Gasteiger partial charge is 0.416 e. The summed E-state index contributed by atoms with van der Waals surface area (Å²) in [5.41, 5.74) is 2.66. The maximum atomic E-state index is 12.9. The van der Waals surface area contributed by atoms with Gasteiger partial charge in [0.2, 0.25) is 5.91 Å². The van der Waals surface area contributed by atoms with Crippen LogP contribution in [0.2, 0.25) is 0 Å². The Labute approximate surface area is 226 Å². The van der Waals surface area contributed by atoms with Crippen molar-refractivity contribution in [2.24, 2.45) is 0 Å². The molecule has 0 aromatic heterocycles. The van der Waals surface area contributed by atoms with Crippen LogP contribution in [-0.2, 0) is 20.9 Å². The van der Waals surface area contributed by atoms with E-state index in [2.05, 4.69) is 0 Å². The van der Waals surface area contributed by atoms with Crippen LogP contribution in [0.4, 0.5) is 10.5 Å². The fourth-order valence-electron chi connectivity index (χ4n) is 3.96. The SMILES string of the molecule is CCOC(=O)CN(Cc1ccc(OCCN2C(=O)CSc3ccccc32)cc1)C(=O)Oc1cccc(C)c1. The predicted molar refractivity (Wildman–Crippen MR) is 146 cm³/mol. The minimum absolute atomic E-state index is 0.0619. The Balaban J connectivity index is 1.35. The highest BCUT2D eigenvalue weighted by Crippen LogP contribution is 2.34. The molecule has 2 amide bonds. The van der Waals surface area contributed by atoms with Gasteiger partial charge in [0.1, 0.15) is 24.7 Å². The Morgan fingerprint density at radius 3 is 2.55 bits per heavy atom. The maximum Gasteiger partial charge on any atom is 0.416 e. The first-order valence-electron chi connectivity index (χ1n) is 12.4. The number of thioether (sulfide) groups is 1. The van der Waals surface area contributed by atoms with Crippen molar-refractivity contribution in [2.75, 3.05) is 37.0 Å². The van der Waals surface area contributed by atoms with Gasteiger partial charge in [0.15, 0.2) is 0 Å². The summed E-state index contributed by atoms with van der Waals surface area (Å²) in [6.45, 7) is 4.53. The zero-order chi connectivity index (χ0) is 26.9. The third-order valence-corrected chi connectivity index (χ3v) is 6.81. The lowest BCUT2D eigenvalue weighted by Crippen LogP contribution is -2.38. The topological polar surface area (TPSA) is 85.4 Å². The van der Waals surface area contributed by atoms with E-state index in [9.17, 15) is 14.4 Å². The molecule has 8 nitrogen and oxygen atoms in total. The van der Waals surface area contributed by atoms with Gasteiger partial charge in [0, 0.05) is 11.4 Å². The molecular formula is C29H30N2O6S. The van der Waals surface area contributed by atoms with Gasteiger partial charge in [0.25, 0.3) is 0 Å². The van der Waals surface area contributed by atoms with Crippen LogP contribution in [0.1, 0.15) is 18.1 Å². The molecule has 198 valence electrons. The molecule has 0 radical (unpaired) electrons. The normalized spacial score (nSPS) is 12.5. The summed E-state index contributed by atoms with van der Waals surface area (Å²) >= 11 is 1.55. The standard InChI is InChI=1S/C29H30N2O6S/c1-3-35-28(33)19-30(29(34)37-24-8-6-7-21(2)17-24)18-22-11-13-23(14-12-22)36-16-15-31-25-9-4-5-10-26(25)38-20-27(31)32/h4-14,17H,3,15-16,18-20H2,1-2H3. The lowest BCUT2D eigenvalue weighted by atomic mass is 10.2. The first kappa shape index (κ1) is 27.1. The van der Waals surface area contributed by atoms with E-state index in [1.807, 2.05) is 49.4 Å². The number of hydrogen-bond acceptors (Lipinski definition) is 7. The van der Waals surface area contributed by atoms with E-state index < -0.39 is 12.1 Å². The van der Waals surface area contributed by atoms with Crippen LogP contribution in [0.5, 0.6) is 11.5 Å². The Kier molecular flexibility index (Phi) is 9.26. The average molecular weight is 535 g/mol. The maximum absolute atomic E-state index is 12.9. The fourth-order valence-corrected chi connectivity index (χ4v) is 4.89. The number of fused-ring (bicyclic) bond motifs is 1. The van der Waals surface area contributed by atoms with Crippen LogP contribution in [0.15, 0.2) is 77.7 Å². The molecule has 3 aromatic rings. The molecule has 1 aliphatic rings. The second-order valence-electron chi connectivity index (χ2n) is 8.64. The molecule has 3 aromatic carbocycles. The summed E-state index contributed by atoms with van der Waals surface area (Å²) in [5, 5.41) is 0. The molecule has 38 heavy (non-hydrogen) atoms. The van der Waals surface area contributed by atoms with Crippen molar-refractivity contribution in [1.82, 2.24) is 4.90 Å². The lowest BCUT2D eigenvalue weighted by Gasteiger charge is -2.28. The third kappa shape index (κ3) is 7.29. The van der Waals surface area contributed by atoms with E-state index in [-0.39, 0.29) is 25.6 Å². The van der Waals surface area contributed by atoms with Gasteiger partial charge >= 0.3 is 12.1 Å². The summed E-state index contributed by atoms with van der Waals surface area (Å²) in [7, 11) is 0. The summed E-state index contributed by atoms with van der Waals surface area (Å²) in [6, 6.07) is 22.2. The lowest BCUT2D eigenvalue weighted by molar-refractivity contribution is -0.144. The Morgan fingerprint density at radius 2 is 1.79 bits per heavy atom. The number of benzene rings is 3. The molecule has 0 fully saturated rings. The van der Waals surface area contributed by atoms with Gasteiger partial charge in [-0.15, -0.1) is 11.8 Å². The number of amides is 2. The van der Waals surface area contributed by atoms with Crippen LogP contribution < -0.4 is 14.4 Å². The second-order valence-corrected chi connectivity index (χ2v) is 9.66. The van der Waals surface area contributed by atoms with Crippen molar-refractivity contribution in [1.29, 1.82) is 0 Å². The first-order chi connectivity index (χ1) is 18.4. The van der Waals surface area contributed by atoms with Crippen LogP contribution in [0, 0.1) is 6.92 Å². The quantitative estimate of drug-likeness (QED) is 0.336. The van der Waals surface area contributed by atoms with Crippen molar-refractivity contribution < 1.29 is 28.6 Å². The van der Waals surface area contributed by atoms with E-state index in [4.69, 9.17) is 14.2 Å². The van der Waals surface area contributed by atoms with Crippen molar-refractivity contribution in [3.8, 4) is 11.5 Å². The highest BCUT2D eigenvalue weighted by Gasteiger charge is 2.24. The van der Waals surface area contributed by atoms with Gasteiger partial charge in [-0.3, -0.25) is 14.5 Å². The van der Waals surface area contributed by atoms with Crippen LogP contribution in [0.3, 0.4) is 0 Å². The van der Waals surface area contributed by atoms with E-state index >= 15 is 0 Å². The molecule has 0 bridgehead atoms. The molecule has 0 spiro atoms. The van der Waals surface area contributed by atoms with Crippen LogP contribution in [-0.4, -0.2) is 54.9 Å². The average Bonchev–Trinajstić information content (AvgIpc) is 2.90. The number of carbonyl (C=O) groups is 3. The van der Waals surface area contributed by atoms with Crippen LogP contribution in [0.25, 0.3) is 0 Å². The minimum Gasteiger partial charge on any atom is -0.492 e. The van der Waals surface area contributed by atoms with Crippen molar-refractivity contribution in [3.05, 3.63) is 83.9 Å². The fraction of sp³-hybridized carbons (Fsp3) is 0.276. The molecule has 4 rings (SSSR count). The summed E-state index contributed by atoms with van der Waals surface area (Å²) in [6.07, 6.45) is -0.645. The van der Waals surface area contributed by atoms with Crippen molar-refractivity contribution in [2.45, 2.75) is 25.3 Å². The number of rotatable bonds is 10. The number of hydrogen-bond donors (Lipinski definition) is 0. The van der Waals surface area contributed by atoms with E-state index in [1.165, 1.54) is 4.90 Å². The summed E-state index contributed by atoms with van der Waals surface area (Å²) in [5.74, 6) is 1.01. The van der Waals surface area contributed by atoms with Gasteiger partial charge in [-0.05, 0) is 61.4 Å². The molecule has 1 aliphatic heterocycles. The number of esters is 1. The zero-order valence-electron chi connectivity index (χ0n) is 21.4. The minimum atomic E-state index is -0.645. The first-order valence-corrected chi connectivity index (χ1v) is 13.3. The number of para-hydroxylation sites is 1. The molecule has 0 atom stereocenters. The largest absolute Gasteiger partial charge is 0.492 e. The number of nitrogens with zero attached hydrogens (tertiary/aromatic N) is 2. The van der Waals surface area contributed by atoms with Crippen molar-refractivity contribution in [3.63, 3.8) is 0 Å². The highest BCUT2D eigenvalue weighted by molar-refractivity contribution is 8.00. The summed E-state index contributed by atoms with van der Waals surface area (Å²) < 4.78 is 16.4. The monoisotopic (exact) mass is 534 g/mol. The molecule has 0 N–H and O–H groups in total. The zero-order valence-corrected chi connectivity index (χ0v) is 22.2. The Hall–Kier alpha value is -3.98. The van der Waals surface area contributed by atoms with Gasteiger partial charge in [-0.2, -0.15) is 0 Å². The number of carbonyl (C=O) groups excluding carboxylic acids is 3. The van der Waals surface area contributed by atoms with Gasteiger partial charge in [0.05, 0.1) is 24.6 Å². The van der Waals surface area contributed by atoms with Crippen molar-refractivity contribution >= 4 is 35.4 Å². The second kappa shape index (κ2) is 13.0. The molecule has 0 unspecified atom stereocenters. The predicted octanol–water partition coefficient (Wildman–Crippen LogP) is 5.08.